The molecule has 1 saturated carbocycles. The predicted molar refractivity (Wildman–Crippen MR) is 335 cm³/mol. The Hall–Kier alpha value is -5.08. The van der Waals surface area contributed by atoms with Crippen LogP contribution in [0.5, 0.6) is 0 Å². The number of hydrogen-bond donors (Lipinski definition) is 1. The number of benzene rings is 8. The molecule has 0 heterocycles. The summed E-state index contributed by atoms with van der Waals surface area (Å²) in [5.74, 6) is 0. The second kappa shape index (κ2) is 32.0. The summed E-state index contributed by atoms with van der Waals surface area (Å²) >= 11 is 0. The van der Waals surface area contributed by atoms with Crippen LogP contribution in [0.2, 0.25) is 0 Å². The number of allylic oxidation sites excluding steroid dienone is 12. The molecule has 1 nitrogen and oxygen atoms in total. The van der Waals surface area contributed by atoms with Gasteiger partial charge in [-0.25, -0.2) is 0 Å². The first-order chi connectivity index (χ1) is 36.2. The fourth-order valence-corrected chi connectivity index (χ4v) is 19.5. The van der Waals surface area contributed by atoms with Crippen molar-refractivity contribution < 1.29 is 56.1 Å². The second-order valence-corrected chi connectivity index (χ2v) is 27.6. The number of hydrogen-bond acceptors (Lipinski definition) is 1. The third kappa shape index (κ3) is 16.0. The Balaban J connectivity index is 0.000000162. The van der Waals surface area contributed by atoms with Crippen LogP contribution in [0.4, 0.5) is 0 Å². The maximum Gasteiger partial charge on any atom is 1.00 e. The minimum absolute atomic E-state index is 0. The fourth-order valence-electron chi connectivity index (χ4n) is 9.07. The first-order valence-corrected chi connectivity index (χ1v) is 31.0. The van der Waals surface area contributed by atoms with Gasteiger partial charge in [0.05, 0.1) is 7.11 Å². The molecule has 8 aromatic rings. The standard InChI is InChI=1S/C17H15OP.3C17H15P.Cu.2Fe/c18-19(17-13-7-8-14-17,15-9-3-1-4-10-15)16-11-5-2-6-12-16;3*1-3-9-15(10-4-1)18(17-13-7-8-14-17)16-11-5-2-6-12-16;;;/h1-14,18H;3*1-14,18H;;;/q;;;-4;+1;;. The van der Waals surface area contributed by atoms with E-state index in [4.69, 9.17) is 0 Å². The van der Waals surface area contributed by atoms with E-state index in [0.717, 1.165) is 15.9 Å². The van der Waals surface area contributed by atoms with Gasteiger partial charge in [0.2, 0.25) is 0 Å². The Morgan fingerprint density at radius 2 is 0.513 bits per heavy atom. The molecule has 0 spiro atoms. The molecule has 388 valence electrons. The molecule has 0 bridgehead atoms. The summed E-state index contributed by atoms with van der Waals surface area (Å²) in [5, 5.41) is 16.0. The molecule has 76 heavy (non-hydrogen) atoms. The van der Waals surface area contributed by atoms with E-state index in [1.54, 1.807) is 0 Å². The Morgan fingerprint density at radius 1 is 0.289 bits per heavy atom. The van der Waals surface area contributed by atoms with Crippen LogP contribution in [0.15, 0.2) is 316 Å². The minimum Gasteiger partial charge on any atom is -0.694 e. The van der Waals surface area contributed by atoms with Gasteiger partial charge >= 0.3 is 17.1 Å². The zero-order valence-electron chi connectivity index (χ0n) is 41.7. The van der Waals surface area contributed by atoms with E-state index in [1.165, 1.54) is 47.7 Å². The van der Waals surface area contributed by atoms with Gasteiger partial charge in [0, 0.05) is 50.0 Å². The van der Waals surface area contributed by atoms with Crippen molar-refractivity contribution in [2.24, 2.45) is 0 Å². The molecule has 0 aliphatic heterocycles. The molecule has 0 aromatic heterocycles. The zero-order valence-corrected chi connectivity index (χ0v) is 48.8. The van der Waals surface area contributed by atoms with Crippen LogP contribution in [-0.4, -0.2) is 26.1 Å². The summed E-state index contributed by atoms with van der Waals surface area (Å²) in [4.78, 5) is 11.4. The summed E-state index contributed by atoms with van der Waals surface area (Å²) in [6.07, 6.45) is 34.2. The Morgan fingerprint density at radius 3 is 0.776 bits per heavy atom. The maximum absolute atomic E-state index is 11.4. The van der Waals surface area contributed by atoms with Crippen LogP contribution in [0, 0.1) is 25.7 Å². The average Bonchev–Trinajstić information content (AvgIpc) is 4.36. The summed E-state index contributed by atoms with van der Waals surface area (Å²) in [5.41, 5.74) is 0. The molecule has 8 heteroatoms. The molecule has 0 saturated heterocycles. The van der Waals surface area contributed by atoms with E-state index in [2.05, 4.69) is 256 Å². The van der Waals surface area contributed by atoms with Crippen LogP contribution in [-0.2, 0) is 51.2 Å². The third-order valence-electron chi connectivity index (χ3n) is 12.5. The second-order valence-electron chi connectivity index (χ2n) is 17.3. The molecule has 1 fully saturated rings. The van der Waals surface area contributed by atoms with Gasteiger partial charge in [0.15, 0.2) is 0 Å². The van der Waals surface area contributed by atoms with E-state index >= 15 is 0 Å². The van der Waals surface area contributed by atoms with Crippen molar-refractivity contribution in [2.75, 3.05) is 0 Å². The monoisotopic (exact) mass is 1190 g/mol. The van der Waals surface area contributed by atoms with Crippen LogP contribution in [0.25, 0.3) is 0 Å². The Labute approximate surface area is 486 Å². The van der Waals surface area contributed by atoms with Crippen molar-refractivity contribution >= 4 is 93.4 Å². The smallest absolute Gasteiger partial charge is 0.694 e. The third-order valence-corrected chi connectivity index (χ3v) is 23.8. The van der Waals surface area contributed by atoms with Gasteiger partial charge < -0.3 is 35.9 Å². The molecule has 8 aromatic carbocycles. The molecular weight excluding hydrogens is 1130 g/mol. The molecular formula is C68H60CuFe2OP4-3. The van der Waals surface area contributed by atoms with E-state index in [0.29, 0.717) is 0 Å². The molecule has 1 N–H and O–H groups in total. The Bertz CT molecular complexity index is 3080. The van der Waals surface area contributed by atoms with Crippen LogP contribution < -0.4 is 42.4 Å². The van der Waals surface area contributed by atoms with E-state index < -0.39 is 29.7 Å². The van der Waals surface area contributed by atoms with Gasteiger partial charge in [0.1, 0.15) is 0 Å². The van der Waals surface area contributed by atoms with Crippen molar-refractivity contribution in [3.8, 4) is 0 Å². The van der Waals surface area contributed by atoms with Gasteiger partial charge in [-0.2, -0.15) is 0 Å². The van der Waals surface area contributed by atoms with Gasteiger partial charge in [-0.05, 0) is 42.4 Å². The van der Waals surface area contributed by atoms with E-state index in [-0.39, 0.29) is 51.2 Å². The topological polar surface area (TPSA) is 20.2 Å². The van der Waals surface area contributed by atoms with Crippen LogP contribution in [0.3, 0.4) is 0 Å². The minimum atomic E-state index is -2.48. The summed E-state index contributed by atoms with van der Waals surface area (Å²) in [6.45, 7) is 0. The van der Waals surface area contributed by atoms with Crippen LogP contribution in [0.1, 0.15) is 0 Å². The summed E-state index contributed by atoms with van der Waals surface area (Å²) in [7, 11) is -4.98. The van der Waals surface area contributed by atoms with Crippen LogP contribution >= 0.6 is 29.7 Å². The summed E-state index contributed by atoms with van der Waals surface area (Å²) in [6, 6.07) is 84.9. The van der Waals surface area contributed by atoms with E-state index in [1.807, 2.05) is 85.0 Å². The average molecular weight is 1190 g/mol. The number of rotatable bonds is 8. The van der Waals surface area contributed by atoms with Gasteiger partial charge in [-0.15, -0.1) is 7.55 Å². The first-order valence-electron chi connectivity index (χ1n) is 24.7. The molecule has 0 radical (unpaired) electrons. The molecule has 12 rings (SSSR count). The van der Waals surface area contributed by atoms with E-state index in [9.17, 15) is 4.89 Å². The van der Waals surface area contributed by atoms with Crippen molar-refractivity contribution in [3.05, 3.63) is 341 Å². The predicted octanol–water partition coefficient (Wildman–Crippen LogP) is 12.0. The zero-order chi connectivity index (χ0) is 49.8. The maximum atomic E-state index is 11.4. The normalized spacial score (nSPS) is 13.5. The molecule has 0 amide bonds. The van der Waals surface area contributed by atoms with Crippen molar-refractivity contribution in [1.29, 1.82) is 0 Å². The molecule has 4 aliphatic rings. The first kappa shape index (κ1) is 60.2. The van der Waals surface area contributed by atoms with Gasteiger partial charge in [-0.3, -0.25) is 0 Å². The van der Waals surface area contributed by atoms with Gasteiger partial charge in [0.25, 0.3) is 0 Å². The molecule has 0 atom stereocenters. The Kier molecular flexibility index (Phi) is 25.3. The van der Waals surface area contributed by atoms with Crippen molar-refractivity contribution in [3.63, 3.8) is 0 Å². The SMILES string of the molecule is C1=CC(=[PH](c2ccccc2)c2ccccc2)C=C1.C1=CC(=[PH](c2ccccc2)c2ccccc2)C=C1.OP(=C1C=CC=C1)(c1ccccc1)c1ccccc1.[Cu+].[Fe].[Fe].c1ccc([PH](=C2[CH-][CH-][CH-][CH-]2)c2ccccc2)cc1. The largest absolute Gasteiger partial charge is 1.00 e. The quantitative estimate of drug-likeness (QED) is 0.0913. The van der Waals surface area contributed by atoms with Crippen molar-refractivity contribution in [1.82, 2.24) is 0 Å². The molecule has 4 aliphatic carbocycles. The van der Waals surface area contributed by atoms with Gasteiger partial charge in [-0.1, -0.05) is 331 Å². The fraction of sp³-hybridized carbons (Fsp3) is 0. The van der Waals surface area contributed by atoms with Crippen molar-refractivity contribution in [2.45, 2.75) is 0 Å². The summed E-state index contributed by atoms with van der Waals surface area (Å²) < 4.78 is 0. The molecule has 0 unspecified atom stereocenters.